The number of carbonyl (C=O) groups is 2. The molecule has 28 heavy (non-hydrogen) atoms. The molecule has 3 rings (SSSR count). The van der Waals surface area contributed by atoms with E-state index in [-0.39, 0.29) is 11.2 Å². The van der Waals surface area contributed by atoms with Crippen molar-refractivity contribution in [3.8, 4) is 11.5 Å². The number of Topliss-reactive ketones (excluding diaryl/α,β-unsaturated/α-hetero) is 1. The molecule has 150 valence electrons. The van der Waals surface area contributed by atoms with Gasteiger partial charge in [0.05, 0.1) is 32.8 Å². The lowest BCUT2D eigenvalue weighted by molar-refractivity contribution is -0.136. The van der Waals surface area contributed by atoms with Crippen LogP contribution in [0.2, 0.25) is 0 Å². The second-order valence-electron chi connectivity index (χ2n) is 8.03. The number of ether oxygens (including phenoxy) is 3. The van der Waals surface area contributed by atoms with Crippen molar-refractivity contribution in [1.29, 1.82) is 0 Å². The first-order valence-corrected chi connectivity index (χ1v) is 9.26. The van der Waals surface area contributed by atoms with E-state index in [1.807, 2.05) is 19.1 Å². The first kappa shape index (κ1) is 20.0. The minimum atomic E-state index is -0.548. The molecule has 1 aliphatic carbocycles. The molecule has 0 radical (unpaired) electrons. The van der Waals surface area contributed by atoms with E-state index in [2.05, 4.69) is 19.2 Å². The molecular formula is C22H27NO5. The van der Waals surface area contributed by atoms with Crippen LogP contribution in [0.15, 0.2) is 40.7 Å². The van der Waals surface area contributed by atoms with Gasteiger partial charge in [0.25, 0.3) is 0 Å². The second kappa shape index (κ2) is 7.34. The van der Waals surface area contributed by atoms with E-state index in [1.165, 1.54) is 7.11 Å². The zero-order valence-electron chi connectivity index (χ0n) is 17.3. The number of benzene rings is 1. The maximum Gasteiger partial charge on any atom is 0.336 e. The predicted octanol–water partition coefficient (Wildman–Crippen LogP) is 3.48. The Morgan fingerprint density at radius 2 is 1.86 bits per heavy atom. The van der Waals surface area contributed by atoms with Crippen molar-refractivity contribution in [2.24, 2.45) is 5.41 Å². The molecule has 0 fully saturated rings. The standard InChI is InChI=1S/C22H27NO5/c1-12-18(21(25)28-6)19(14-8-7-13(26-4)9-17(14)27-5)20-15(23-12)10-22(2,3)11-16(20)24/h7-9,19,23H,10-11H2,1-6H3/t19-/m1/s1. The molecule has 1 aliphatic heterocycles. The molecule has 1 heterocycles. The van der Waals surface area contributed by atoms with Crippen LogP contribution in [0.4, 0.5) is 0 Å². The minimum absolute atomic E-state index is 0.0375. The molecule has 0 amide bonds. The molecule has 0 aromatic heterocycles. The summed E-state index contributed by atoms with van der Waals surface area (Å²) in [4.78, 5) is 25.8. The summed E-state index contributed by atoms with van der Waals surface area (Å²) in [7, 11) is 4.49. The van der Waals surface area contributed by atoms with Gasteiger partial charge in [-0.25, -0.2) is 4.79 Å². The third-order valence-electron chi connectivity index (χ3n) is 5.40. The van der Waals surface area contributed by atoms with Crippen LogP contribution >= 0.6 is 0 Å². The fourth-order valence-corrected chi connectivity index (χ4v) is 4.18. The number of methoxy groups -OCH3 is 3. The monoisotopic (exact) mass is 385 g/mol. The topological polar surface area (TPSA) is 73.9 Å². The number of hydrogen-bond donors (Lipinski definition) is 1. The van der Waals surface area contributed by atoms with Gasteiger partial charge in [-0.1, -0.05) is 19.9 Å². The summed E-state index contributed by atoms with van der Waals surface area (Å²) < 4.78 is 15.9. The van der Waals surface area contributed by atoms with Crippen molar-refractivity contribution >= 4 is 11.8 Å². The maximum absolute atomic E-state index is 13.2. The summed E-state index contributed by atoms with van der Waals surface area (Å²) in [6.45, 7) is 5.99. The quantitative estimate of drug-likeness (QED) is 0.800. The number of rotatable bonds is 4. The SMILES string of the molecule is COC(=O)C1=C(C)NC2=C(C(=O)CC(C)(C)C2)[C@@H]1c1ccc(OC)cc1OC. The average Bonchev–Trinajstić information content (AvgIpc) is 2.64. The number of nitrogens with one attached hydrogen (secondary N) is 1. The molecule has 2 aliphatic rings. The molecule has 6 nitrogen and oxygen atoms in total. The Kier molecular flexibility index (Phi) is 5.24. The van der Waals surface area contributed by atoms with Crippen LogP contribution in [-0.4, -0.2) is 33.1 Å². The first-order chi connectivity index (χ1) is 13.2. The van der Waals surface area contributed by atoms with Crippen LogP contribution in [0.1, 0.15) is 45.1 Å². The lowest BCUT2D eigenvalue weighted by Crippen LogP contribution is -2.38. The highest BCUT2D eigenvalue weighted by molar-refractivity contribution is 6.04. The van der Waals surface area contributed by atoms with Crippen molar-refractivity contribution in [2.75, 3.05) is 21.3 Å². The first-order valence-electron chi connectivity index (χ1n) is 9.26. The number of allylic oxidation sites excluding steroid dienone is 3. The molecule has 1 N–H and O–H groups in total. The summed E-state index contributed by atoms with van der Waals surface area (Å²) in [6.07, 6.45) is 1.16. The summed E-state index contributed by atoms with van der Waals surface area (Å²) >= 11 is 0. The van der Waals surface area contributed by atoms with Gasteiger partial charge in [0.15, 0.2) is 5.78 Å². The lowest BCUT2D eigenvalue weighted by Gasteiger charge is -2.39. The van der Waals surface area contributed by atoms with Crippen molar-refractivity contribution in [1.82, 2.24) is 5.32 Å². The van der Waals surface area contributed by atoms with E-state index in [0.717, 1.165) is 17.7 Å². The third kappa shape index (κ3) is 3.39. The molecule has 0 saturated heterocycles. The molecule has 0 bridgehead atoms. The van der Waals surface area contributed by atoms with Gasteiger partial charge in [0.1, 0.15) is 11.5 Å². The van der Waals surface area contributed by atoms with E-state index in [9.17, 15) is 9.59 Å². The molecule has 1 aromatic carbocycles. The van der Waals surface area contributed by atoms with Gasteiger partial charge in [0.2, 0.25) is 0 Å². The van der Waals surface area contributed by atoms with Gasteiger partial charge in [-0.05, 0) is 24.8 Å². The molecule has 0 saturated carbocycles. The van der Waals surface area contributed by atoms with Gasteiger partial charge in [-0.2, -0.15) is 0 Å². The zero-order chi connectivity index (χ0) is 20.6. The molecule has 1 aromatic rings. The highest BCUT2D eigenvalue weighted by atomic mass is 16.5. The number of hydrogen-bond acceptors (Lipinski definition) is 6. The Morgan fingerprint density at radius 3 is 2.46 bits per heavy atom. The van der Waals surface area contributed by atoms with E-state index in [0.29, 0.717) is 34.8 Å². The van der Waals surface area contributed by atoms with Gasteiger partial charge < -0.3 is 19.5 Å². The third-order valence-corrected chi connectivity index (χ3v) is 5.40. The van der Waals surface area contributed by atoms with Gasteiger partial charge >= 0.3 is 5.97 Å². The number of dihydropyridines is 1. The molecule has 0 spiro atoms. The van der Waals surface area contributed by atoms with E-state index >= 15 is 0 Å². The Morgan fingerprint density at radius 1 is 1.14 bits per heavy atom. The van der Waals surface area contributed by atoms with Crippen molar-refractivity contribution in [3.05, 3.63) is 46.3 Å². The summed E-state index contributed by atoms with van der Waals surface area (Å²) in [5, 5.41) is 3.30. The van der Waals surface area contributed by atoms with Crippen LogP contribution in [0.3, 0.4) is 0 Å². The highest BCUT2D eigenvalue weighted by Crippen LogP contribution is 2.48. The fourth-order valence-electron chi connectivity index (χ4n) is 4.18. The minimum Gasteiger partial charge on any atom is -0.497 e. The van der Waals surface area contributed by atoms with E-state index in [4.69, 9.17) is 14.2 Å². The van der Waals surface area contributed by atoms with Crippen LogP contribution in [0.25, 0.3) is 0 Å². The molecule has 6 heteroatoms. The van der Waals surface area contributed by atoms with Gasteiger partial charge in [0, 0.05) is 35.0 Å². The average molecular weight is 385 g/mol. The Labute approximate surface area is 165 Å². The zero-order valence-corrected chi connectivity index (χ0v) is 17.3. The van der Waals surface area contributed by atoms with Crippen LogP contribution in [-0.2, 0) is 14.3 Å². The second-order valence-corrected chi connectivity index (χ2v) is 8.03. The maximum atomic E-state index is 13.2. The Hall–Kier alpha value is -2.76. The highest BCUT2D eigenvalue weighted by Gasteiger charge is 2.43. The van der Waals surface area contributed by atoms with Crippen LogP contribution in [0, 0.1) is 5.41 Å². The van der Waals surface area contributed by atoms with Crippen molar-refractivity contribution in [3.63, 3.8) is 0 Å². The smallest absolute Gasteiger partial charge is 0.336 e. The van der Waals surface area contributed by atoms with Crippen molar-refractivity contribution < 1.29 is 23.8 Å². The largest absolute Gasteiger partial charge is 0.497 e. The van der Waals surface area contributed by atoms with Gasteiger partial charge in [-0.15, -0.1) is 0 Å². The number of esters is 1. The lowest BCUT2D eigenvalue weighted by atomic mass is 9.68. The summed E-state index contributed by atoms with van der Waals surface area (Å²) in [6, 6.07) is 5.42. The molecular weight excluding hydrogens is 358 g/mol. The predicted molar refractivity (Wildman–Crippen MR) is 105 cm³/mol. The normalized spacial score (nSPS) is 21.1. The van der Waals surface area contributed by atoms with Crippen LogP contribution in [0.5, 0.6) is 11.5 Å². The summed E-state index contributed by atoms with van der Waals surface area (Å²) in [5.74, 6) is 0.228. The fraction of sp³-hybridized carbons (Fsp3) is 0.455. The molecule has 1 atom stereocenters. The van der Waals surface area contributed by atoms with Gasteiger partial charge in [-0.3, -0.25) is 4.79 Å². The van der Waals surface area contributed by atoms with Crippen LogP contribution < -0.4 is 14.8 Å². The number of carbonyl (C=O) groups excluding carboxylic acids is 2. The van der Waals surface area contributed by atoms with Crippen molar-refractivity contribution in [2.45, 2.75) is 39.5 Å². The molecule has 0 unspecified atom stereocenters. The summed E-state index contributed by atoms with van der Waals surface area (Å²) in [5.41, 5.74) is 3.21. The number of ketones is 1. The van der Waals surface area contributed by atoms with E-state index in [1.54, 1.807) is 20.3 Å². The Bertz CT molecular complexity index is 894. The van der Waals surface area contributed by atoms with E-state index < -0.39 is 11.9 Å². The Balaban J connectivity index is 2.25.